The topological polar surface area (TPSA) is 9.23 Å². The molecule has 0 aliphatic carbocycles. The predicted molar refractivity (Wildman–Crippen MR) is 94.7 cm³/mol. The van der Waals surface area contributed by atoms with Gasteiger partial charge in [-0.05, 0) is 17.2 Å². The lowest BCUT2D eigenvalue weighted by molar-refractivity contribution is 0.408. The number of rotatable bonds is 4. The van der Waals surface area contributed by atoms with E-state index in [0.717, 1.165) is 22.4 Å². The number of hydrogen-bond donors (Lipinski definition) is 1. The monoisotopic (exact) mass is 306 g/mol. The van der Waals surface area contributed by atoms with Gasteiger partial charge in [-0.2, -0.15) is 12.6 Å². The van der Waals surface area contributed by atoms with Crippen LogP contribution in [-0.2, 0) is 4.75 Å². The lowest BCUT2D eigenvalue weighted by Gasteiger charge is -2.32. The molecule has 2 heteroatoms. The highest BCUT2D eigenvalue weighted by Crippen LogP contribution is 2.45. The second-order valence-corrected chi connectivity index (χ2v) is 5.81. The van der Waals surface area contributed by atoms with Crippen molar-refractivity contribution in [2.45, 2.75) is 4.75 Å². The van der Waals surface area contributed by atoms with Crippen molar-refractivity contribution in [1.82, 2.24) is 0 Å². The average Bonchev–Trinajstić information content (AvgIpc) is 2.62. The summed E-state index contributed by atoms with van der Waals surface area (Å²) in [6.45, 7) is 0. The summed E-state index contributed by atoms with van der Waals surface area (Å²) < 4.78 is 5.03. The first-order valence-corrected chi connectivity index (χ1v) is 7.68. The summed E-state index contributed by atoms with van der Waals surface area (Å²) in [6.07, 6.45) is 0. The molecule has 3 aromatic carbocycles. The molecule has 0 atom stereocenters. The van der Waals surface area contributed by atoms with Crippen LogP contribution in [0.4, 0.5) is 0 Å². The molecule has 0 spiro atoms. The van der Waals surface area contributed by atoms with Gasteiger partial charge in [0.15, 0.2) is 0 Å². The molecule has 3 aromatic rings. The van der Waals surface area contributed by atoms with Gasteiger partial charge in [-0.25, -0.2) is 0 Å². The van der Waals surface area contributed by atoms with Crippen molar-refractivity contribution >= 4 is 12.6 Å². The zero-order valence-corrected chi connectivity index (χ0v) is 13.3. The first kappa shape index (κ1) is 14.7. The van der Waals surface area contributed by atoms with E-state index in [4.69, 9.17) is 17.4 Å². The Bertz CT molecular complexity index is 698. The fourth-order valence-corrected chi connectivity index (χ4v) is 3.26. The lowest BCUT2D eigenvalue weighted by Crippen LogP contribution is -2.23. The lowest BCUT2D eigenvalue weighted by atomic mass is 9.83. The molecular weight excluding hydrogens is 288 g/mol. The Balaban J connectivity index is 2.29. The van der Waals surface area contributed by atoms with Crippen LogP contribution in [0.3, 0.4) is 0 Å². The van der Waals surface area contributed by atoms with E-state index in [9.17, 15) is 0 Å². The number of para-hydroxylation sites is 1. The summed E-state index contributed by atoms with van der Waals surface area (Å²) >= 11 is 5.13. The predicted octanol–water partition coefficient (Wildman–Crippen LogP) is 4.92. The maximum Gasteiger partial charge on any atom is 0.124 e. The van der Waals surface area contributed by atoms with Crippen molar-refractivity contribution in [2.75, 3.05) is 7.11 Å². The van der Waals surface area contributed by atoms with Gasteiger partial charge in [0.05, 0.1) is 11.9 Å². The van der Waals surface area contributed by atoms with Crippen LogP contribution in [0.1, 0.15) is 16.7 Å². The number of benzene rings is 3. The van der Waals surface area contributed by atoms with Crippen LogP contribution in [0, 0.1) is 0 Å². The van der Waals surface area contributed by atoms with Crippen LogP contribution in [0.5, 0.6) is 5.75 Å². The highest BCUT2D eigenvalue weighted by molar-refractivity contribution is 7.81. The molecular formula is C20H18OS. The summed E-state index contributed by atoms with van der Waals surface area (Å²) in [4.78, 5) is 0. The molecule has 22 heavy (non-hydrogen) atoms. The van der Waals surface area contributed by atoms with Crippen LogP contribution >= 0.6 is 12.6 Å². The molecule has 0 aromatic heterocycles. The van der Waals surface area contributed by atoms with Gasteiger partial charge >= 0.3 is 0 Å². The highest BCUT2D eigenvalue weighted by atomic mass is 32.1. The zero-order valence-electron chi connectivity index (χ0n) is 12.4. The van der Waals surface area contributed by atoms with Gasteiger partial charge in [-0.3, -0.25) is 0 Å². The third kappa shape index (κ3) is 2.51. The summed E-state index contributed by atoms with van der Waals surface area (Å²) in [7, 11) is 1.70. The van der Waals surface area contributed by atoms with Crippen molar-refractivity contribution in [1.29, 1.82) is 0 Å². The summed E-state index contributed by atoms with van der Waals surface area (Å²) in [6, 6.07) is 28.7. The third-order valence-electron chi connectivity index (χ3n) is 3.88. The Kier molecular flexibility index (Phi) is 4.21. The van der Waals surface area contributed by atoms with Crippen molar-refractivity contribution in [3.63, 3.8) is 0 Å². The molecule has 0 bridgehead atoms. The summed E-state index contributed by atoms with van der Waals surface area (Å²) in [5.41, 5.74) is 3.28. The second-order valence-electron chi connectivity index (χ2n) is 5.14. The molecule has 0 aliphatic rings. The van der Waals surface area contributed by atoms with Gasteiger partial charge in [0.1, 0.15) is 5.75 Å². The van der Waals surface area contributed by atoms with E-state index in [-0.39, 0.29) is 0 Å². The van der Waals surface area contributed by atoms with Gasteiger partial charge in [0.2, 0.25) is 0 Å². The molecule has 0 N–H and O–H groups in total. The number of hydrogen-bond acceptors (Lipinski definition) is 2. The van der Waals surface area contributed by atoms with E-state index in [2.05, 4.69) is 30.3 Å². The van der Waals surface area contributed by atoms with Crippen LogP contribution in [-0.4, -0.2) is 7.11 Å². The molecule has 0 aliphatic heterocycles. The molecule has 0 radical (unpaired) electrons. The third-order valence-corrected chi connectivity index (χ3v) is 4.64. The number of thiol groups is 1. The van der Waals surface area contributed by atoms with E-state index in [0.29, 0.717) is 0 Å². The van der Waals surface area contributed by atoms with Gasteiger partial charge in [0.25, 0.3) is 0 Å². The van der Waals surface area contributed by atoms with Crippen molar-refractivity contribution in [3.05, 3.63) is 102 Å². The van der Waals surface area contributed by atoms with E-state index >= 15 is 0 Å². The summed E-state index contributed by atoms with van der Waals surface area (Å²) in [5.74, 6) is 0.838. The fraction of sp³-hybridized carbons (Fsp3) is 0.100. The molecule has 0 amide bonds. The summed E-state index contributed by atoms with van der Waals surface area (Å²) in [5, 5.41) is 0. The van der Waals surface area contributed by atoms with Crippen molar-refractivity contribution in [2.24, 2.45) is 0 Å². The van der Waals surface area contributed by atoms with E-state index in [1.807, 2.05) is 54.6 Å². The average molecular weight is 306 g/mol. The minimum Gasteiger partial charge on any atom is -0.496 e. The molecule has 0 saturated carbocycles. The Labute approximate surface area is 137 Å². The maximum absolute atomic E-state index is 5.59. The standard InChI is InChI=1S/C20H18OS/c1-21-19-15-9-8-14-18(19)20(22,16-10-4-2-5-11-16)17-12-6-3-7-13-17/h2-15,22H,1H3. The van der Waals surface area contributed by atoms with Crippen LogP contribution in [0.15, 0.2) is 84.9 Å². The largest absolute Gasteiger partial charge is 0.496 e. The van der Waals surface area contributed by atoms with Gasteiger partial charge in [0, 0.05) is 5.56 Å². The molecule has 0 fully saturated rings. The van der Waals surface area contributed by atoms with Crippen molar-refractivity contribution < 1.29 is 4.74 Å². The minimum atomic E-state index is -0.560. The van der Waals surface area contributed by atoms with Gasteiger partial charge < -0.3 is 4.74 Å². The fourth-order valence-electron chi connectivity index (χ4n) is 2.78. The van der Waals surface area contributed by atoms with E-state index < -0.39 is 4.75 Å². The SMILES string of the molecule is COc1ccccc1C(S)(c1ccccc1)c1ccccc1. The highest BCUT2D eigenvalue weighted by Gasteiger charge is 2.34. The molecule has 0 unspecified atom stereocenters. The van der Waals surface area contributed by atoms with E-state index in [1.165, 1.54) is 0 Å². The first-order chi connectivity index (χ1) is 10.8. The Morgan fingerprint density at radius 1 is 0.682 bits per heavy atom. The van der Waals surface area contributed by atoms with Crippen molar-refractivity contribution in [3.8, 4) is 5.75 Å². The Hall–Kier alpha value is -2.19. The first-order valence-electron chi connectivity index (χ1n) is 7.23. The zero-order chi connectivity index (χ0) is 15.4. The Morgan fingerprint density at radius 3 is 1.64 bits per heavy atom. The smallest absolute Gasteiger partial charge is 0.124 e. The van der Waals surface area contributed by atoms with Crippen LogP contribution < -0.4 is 4.74 Å². The molecule has 0 heterocycles. The molecule has 3 rings (SSSR count). The normalized spacial score (nSPS) is 11.2. The van der Waals surface area contributed by atoms with E-state index in [1.54, 1.807) is 7.11 Å². The minimum absolute atomic E-state index is 0.560. The number of methoxy groups -OCH3 is 1. The quantitative estimate of drug-likeness (QED) is 0.532. The van der Waals surface area contributed by atoms with Crippen LogP contribution in [0.2, 0.25) is 0 Å². The molecule has 1 nitrogen and oxygen atoms in total. The van der Waals surface area contributed by atoms with Crippen LogP contribution in [0.25, 0.3) is 0 Å². The molecule has 0 saturated heterocycles. The van der Waals surface area contributed by atoms with Gasteiger partial charge in [-0.15, -0.1) is 0 Å². The second kappa shape index (κ2) is 6.29. The Morgan fingerprint density at radius 2 is 1.14 bits per heavy atom. The molecule has 110 valence electrons. The maximum atomic E-state index is 5.59. The number of ether oxygens (including phenoxy) is 1. The van der Waals surface area contributed by atoms with Gasteiger partial charge in [-0.1, -0.05) is 78.9 Å².